The standard InChI is InChI=1S/C32H39N3O6S/c1-4-6-18-33-32(37)28(19-25-10-8-7-9-11-25)34(21-26-14-12-24(3)13-15-26)31(36)22-35(42(38,39)5-2)27-16-17-29-30(20-27)41-23-40-29/h7-17,20,28H,4-6,18-19,21-23H2,1-3H3,(H,33,37)/t28-/m0/s1. The van der Waals surface area contributed by atoms with Gasteiger partial charge in [-0.1, -0.05) is 73.5 Å². The number of sulfonamides is 1. The SMILES string of the molecule is CCCCNC(=O)[C@H](Cc1ccccc1)N(Cc1ccc(C)cc1)C(=O)CN(c1ccc2c(c1)OCO2)S(=O)(=O)CC. The summed E-state index contributed by atoms with van der Waals surface area (Å²) >= 11 is 0. The minimum absolute atomic E-state index is 0.0386. The minimum Gasteiger partial charge on any atom is -0.454 e. The molecule has 0 bridgehead atoms. The maximum atomic E-state index is 14.2. The van der Waals surface area contributed by atoms with Gasteiger partial charge in [-0.15, -0.1) is 0 Å². The number of ether oxygens (including phenoxy) is 2. The monoisotopic (exact) mass is 593 g/mol. The molecule has 1 N–H and O–H groups in total. The van der Waals surface area contributed by atoms with E-state index in [9.17, 15) is 18.0 Å². The van der Waals surface area contributed by atoms with E-state index in [1.165, 1.54) is 11.8 Å². The molecular weight excluding hydrogens is 554 g/mol. The maximum Gasteiger partial charge on any atom is 0.244 e. The molecule has 0 aliphatic carbocycles. The van der Waals surface area contributed by atoms with Crippen molar-refractivity contribution in [2.75, 3.05) is 29.9 Å². The van der Waals surface area contributed by atoms with Crippen LogP contribution >= 0.6 is 0 Å². The van der Waals surface area contributed by atoms with E-state index in [4.69, 9.17) is 9.47 Å². The zero-order valence-electron chi connectivity index (χ0n) is 24.4. The molecule has 0 radical (unpaired) electrons. The molecule has 0 fully saturated rings. The van der Waals surface area contributed by atoms with Crippen LogP contribution in [0, 0.1) is 6.92 Å². The van der Waals surface area contributed by atoms with E-state index in [2.05, 4.69) is 5.32 Å². The molecule has 3 aromatic rings. The molecule has 224 valence electrons. The molecule has 2 amide bonds. The van der Waals surface area contributed by atoms with Crippen molar-refractivity contribution in [2.45, 2.75) is 52.6 Å². The second-order valence-corrected chi connectivity index (χ2v) is 12.5. The van der Waals surface area contributed by atoms with Crippen molar-refractivity contribution in [3.05, 3.63) is 89.5 Å². The average Bonchev–Trinajstić information content (AvgIpc) is 3.47. The van der Waals surface area contributed by atoms with Crippen molar-refractivity contribution >= 4 is 27.5 Å². The number of fused-ring (bicyclic) bond motifs is 1. The second kappa shape index (κ2) is 14.2. The first-order chi connectivity index (χ1) is 20.2. The maximum absolute atomic E-state index is 14.2. The smallest absolute Gasteiger partial charge is 0.244 e. The summed E-state index contributed by atoms with van der Waals surface area (Å²) in [6.45, 7) is 5.74. The number of aryl methyl sites for hydroxylation is 1. The number of carbonyl (C=O) groups is 2. The van der Waals surface area contributed by atoms with Gasteiger partial charge in [-0.05, 0) is 43.5 Å². The first-order valence-corrected chi connectivity index (χ1v) is 15.9. The molecule has 4 rings (SSSR count). The highest BCUT2D eigenvalue weighted by atomic mass is 32.2. The number of unbranched alkanes of at least 4 members (excludes halogenated alkanes) is 1. The molecule has 1 aliphatic heterocycles. The number of hydrogen-bond acceptors (Lipinski definition) is 6. The lowest BCUT2D eigenvalue weighted by Gasteiger charge is -2.34. The normalized spacial score (nSPS) is 12.9. The van der Waals surface area contributed by atoms with Gasteiger partial charge in [-0.25, -0.2) is 8.42 Å². The summed E-state index contributed by atoms with van der Waals surface area (Å²) in [7, 11) is -3.87. The van der Waals surface area contributed by atoms with Crippen molar-refractivity contribution in [3.63, 3.8) is 0 Å². The van der Waals surface area contributed by atoms with Crippen molar-refractivity contribution in [2.24, 2.45) is 0 Å². The molecule has 9 nitrogen and oxygen atoms in total. The van der Waals surface area contributed by atoms with Gasteiger partial charge < -0.3 is 19.7 Å². The summed E-state index contributed by atoms with van der Waals surface area (Å²) in [6, 6.07) is 21.2. The average molecular weight is 594 g/mol. The van der Waals surface area contributed by atoms with Crippen LogP contribution in [0.2, 0.25) is 0 Å². The number of hydrogen-bond donors (Lipinski definition) is 1. The third-order valence-electron chi connectivity index (χ3n) is 7.20. The molecule has 1 aliphatic rings. The molecule has 10 heteroatoms. The van der Waals surface area contributed by atoms with Crippen LogP contribution in [0.3, 0.4) is 0 Å². The van der Waals surface area contributed by atoms with Gasteiger partial charge in [-0.2, -0.15) is 0 Å². The van der Waals surface area contributed by atoms with Gasteiger partial charge in [0.1, 0.15) is 12.6 Å². The van der Waals surface area contributed by atoms with Crippen molar-refractivity contribution in [3.8, 4) is 11.5 Å². The highest BCUT2D eigenvalue weighted by molar-refractivity contribution is 7.92. The van der Waals surface area contributed by atoms with Crippen molar-refractivity contribution < 1.29 is 27.5 Å². The molecular formula is C32H39N3O6S. The van der Waals surface area contributed by atoms with Crippen LogP contribution in [0.25, 0.3) is 0 Å². The fourth-order valence-electron chi connectivity index (χ4n) is 4.71. The molecule has 1 atom stereocenters. The Labute approximate surface area is 248 Å². The van der Waals surface area contributed by atoms with Crippen molar-refractivity contribution in [1.29, 1.82) is 0 Å². The third kappa shape index (κ3) is 7.82. The Morgan fingerprint density at radius 3 is 2.33 bits per heavy atom. The van der Waals surface area contributed by atoms with Crippen LogP contribution in [0.15, 0.2) is 72.8 Å². The van der Waals surface area contributed by atoms with Crippen LogP contribution in [0.5, 0.6) is 11.5 Å². The lowest BCUT2D eigenvalue weighted by atomic mass is 10.0. The molecule has 1 heterocycles. The number of benzene rings is 3. The Morgan fingerprint density at radius 2 is 1.64 bits per heavy atom. The van der Waals surface area contributed by atoms with E-state index in [1.54, 1.807) is 18.2 Å². The highest BCUT2D eigenvalue weighted by Gasteiger charge is 2.34. The number of anilines is 1. The van der Waals surface area contributed by atoms with E-state index < -0.39 is 28.5 Å². The fourth-order valence-corrected chi connectivity index (χ4v) is 5.76. The van der Waals surface area contributed by atoms with E-state index in [1.807, 2.05) is 68.4 Å². The van der Waals surface area contributed by atoms with E-state index in [0.29, 0.717) is 18.0 Å². The number of nitrogens with one attached hydrogen (secondary N) is 1. The Morgan fingerprint density at radius 1 is 0.929 bits per heavy atom. The lowest BCUT2D eigenvalue weighted by molar-refractivity contribution is -0.140. The number of carbonyl (C=O) groups excluding carboxylic acids is 2. The molecule has 0 spiro atoms. The predicted octanol–water partition coefficient (Wildman–Crippen LogP) is 4.44. The van der Waals surface area contributed by atoms with Crippen LogP contribution in [0.4, 0.5) is 5.69 Å². The Balaban J connectivity index is 1.72. The first-order valence-electron chi connectivity index (χ1n) is 14.3. The highest BCUT2D eigenvalue weighted by Crippen LogP contribution is 2.36. The summed E-state index contributed by atoms with van der Waals surface area (Å²) in [5.74, 6) is -0.0633. The minimum atomic E-state index is -3.87. The molecule has 0 saturated heterocycles. The fraction of sp³-hybridized carbons (Fsp3) is 0.375. The van der Waals surface area contributed by atoms with Crippen LogP contribution < -0.4 is 19.1 Å². The second-order valence-electron chi connectivity index (χ2n) is 10.3. The van der Waals surface area contributed by atoms with Gasteiger partial charge in [0.05, 0.1) is 11.4 Å². The van der Waals surface area contributed by atoms with E-state index in [-0.39, 0.29) is 37.1 Å². The molecule has 42 heavy (non-hydrogen) atoms. The zero-order chi connectivity index (χ0) is 30.1. The van der Waals surface area contributed by atoms with E-state index >= 15 is 0 Å². The van der Waals surface area contributed by atoms with Gasteiger partial charge in [0.15, 0.2) is 11.5 Å². The largest absolute Gasteiger partial charge is 0.454 e. The zero-order valence-corrected chi connectivity index (χ0v) is 25.2. The van der Waals surface area contributed by atoms with Crippen LogP contribution in [0.1, 0.15) is 43.4 Å². The van der Waals surface area contributed by atoms with Gasteiger partial charge in [0.2, 0.25) is 28.6 Å². The Kier molecular flexibility index (Phi) is 10.5. The summed E-state index contributed by atoms with van der Waals surface area (Å²) < 4.78 is 38.6. The Bertz CT molecular complexity index is 1460. The summed E-state index contributed by atoms with van der Waals surface area (Å²) in [5.41, 5.74) is 3.08. The van der Waals surface area contributed by atoms with Gasteiger partial charge >= 0.3 is 0 Å². The van der Waals surface area contributed by atoms with E-state index in [0.717, 1.165) is 33.8 Å². The van der Waals surface area contributed by atoms with Gasteiger partial charge in [0, 0.05) is 25.6 Å². The quantitative estimate of drug-likeness (QED) is 0.277. The number of amides is 2. The summed E-state index contributed by atoms with van der Waals surface area (Å²) in [6.07, 6.45) is 2.00. The molecule has 0 saturated carbocycles. The molecule has 0 aromatic heterocycles. The lowest BCUT2D eigenvalue weighted by Crippen LogP contribution is -2.53. The van der Waals surface area contributed by atoms with Gasteiger partial charge in [-0.3, -0.25) is 13.9 Å². The number of rotatable bonds is 14. The summed E-state index contributed by atoms with van der Waals surface area (Å²) in [4.78, 5) is 29.4. The molecule has 0 unspecified atom stereocenters. The Hall–Kier alpha value is -4.05. The van der Waals surface area contributed by atoms with Crippen LogP contribution in [-0.2, 0) is 32.6 Å². The topological polar surface area (TPSA) is 105 Å². The van der Waals surface area contributed by atoms with Gasteiger partial charge in [0.25, 0.3) is 0 Å². The predicted molar refractivity (Wildman–Crippen MR) is 163 cm³/mol. The number of nitrogens with zero attached hydrogens (tertiary/aromatic N) is 2. The third-order valence-corrected chi connectivity index (χ3v) is 8.94. The summed E-state index contributed by atoms with van der Waals surface area (Å²) in [5, 5.41) is 2.99. The van der Waals surface area contributed by atoms with Crippen molar-refractivity contribution in [1.82, 2.24) is 10.2 Å². The molecule has 3 aromatic carbocycles. The van der Waals surface area contributed by atoms with Crippen LogP contribution in [-0.4, -0.2) is 56.8 Å². The first kappa shape index (κ1) is 30.9.